The van der Waals surface area contributed by atoms with Gasteiger partial charge in [-0.3, -0.25) is 0 Å². The number of nitrogens with one attached hydrogen (secondary N) is 1. The Morgan fingerprint density at radius 2 is 2.11 bits per heavy atom. The molecule has 0 aromatic heterocycles. The van der Waals surface area contributed by atoms with Crippen LogP contribution in [0, 0.1) is 5.92 Å². The van der Waals surface area contributed by atoms with Crippen molar-refractivity contribution < 1.29 is 9.53 Å². The van der Waals surface area contributed by atoms with Crippen molar-refractivity contribution in [2.75, 3.05) is 19.7 Å². The van der Waals surface area contributed by atoms with Crippen molar-refractivity contribution >= 4 is 5.97 Å². The molecule has 18 heavy (non-hydrogen) atoms. The minimum Gasteiger partial charge on any atom is -0.462 e. The van der Waals surface area contributed by atoms with E-state index in [1.165, 1.54) is 25.9 Å². The topological polar surface area (TPSA) is 38.3 Å². The van der Waals surface area contributed by atoms with Gasteiger partial charge in [0.15, 0.2) is 0 Å². The Balaban J connectivity index is 0.000000199. The minimum absolute atomic E-state index is 0.256. The molecule has 1 heterocycles. The molecule has 1 atom stereocenters. The standard InChI is InChI=1S/C9H10O2.C6H13N/c1-2-11-9(10)8-6-4-3-5-7-8;1-6-3-2-4-7-5-6/h3-7H,2H2,1H3;6-7H,2-5H2,1H3. The Morgan fingerprint density at radius 1 is 1.39 bits per heavy atom. The molecular weight excluding hydrogens is 226 g/mol. The van der Waals surface area contributed by atoms with E-state index in [2.05, 4.69) is 12.2 Å². The van der Waals surface area contributed by atoms with E-state index in [4.69, 9.17) is 4.74 Å². The fraction of sp³-hybridized carbons (Fsp3) is 0.533. The van der Waals surface area contributed by atoms with E-state index >= 15 is 0 Å². The summed E-state index contributed by atoms with van der Waals surface area (Å²) >= 11 is 0. The molecule has 1 aliphatic rings. The third kappa shape index (κ3) is 5.82. The molecule has 1 aromatic carbocycles. The van der Waals surface area contributed by atoms with Crippen LogP contribution in [0.2, 0.25) is 0 Å². The highest BCUT2D eigenvalue weighted by Crippen LogP contribution is 2.06. The summed E-state index contributed by atoms with van der Waals surface area (Å²) in [4.78, 5) is 11.0. The van der Waals surface area contributed by atoms with Crippen molar-refractivity contribution in [2.45, 2.75) is 26.7 Å². The lowest BCUT2D eigenvalue weighted by molar-refractivity contribution is 0.0526. The van der Waals surface area contributed by atoms with Crippen LogP contribution < -0.4 is 5.32 Å². The van der Waals surface area contributed by atoms with E-state index in [9.17, 15) is 4.79 Å². The highest BCUT2D eigenvalue weighted by Gasteiger charge is 2.05. The molecule has 0 spiro atoms. The second-order valence-corrected chi connectivity index (χ2v) is 4.54. The fourth-order valence-electron chi connectivity index (χ4n) is 1.81. The van der Waals surface area contributed by atoms with Gasteiger partial charge in [-0.15, -0.1) is 0 Å². The summed E-state index contributed by atoms with van der Waals surface area (Å²) in [7, 11) is 0. The van der Waals surface area contributed by atoms with Crippen LogP contribution in [0.5, 0.6) is 0 Å². The van der Waals surface area contributed by atoms with Crippen LogP contribution in [-0.2, 0) is 4.74 Å². The van der Waals surface area contributed by atoms with Crippen LogP contribution >= 0.6 is 0 Å². The minimum atomic E-state index is -0.256. The van der Waals surface area contributed by atoms with Crippen LogP contribution in [-0.4, -0.2) is 25.7 Å². The smallest absolute Gasteiger partial charge is 0.338 e. The van der Waals surface area contributed by atoms with Crippen molar-refractivity contribution in [1.82, 2.24) is 5.32 Å². The zero-order valence-electron chi connectivity index (χ0n) is 11.3. The summed E-state index contributed by atoms with van der Waals surface area (Å²) < 4.78 is 4.79. The maximum atomic E-state index is 11.0. The number of hydrogen-bond donors (Lipinski definition) is 1. The molecule has 0 aliphatic carbocycles. The average Bonchev–Trinajstić information content (AvgIpc) is 2.42. The van der Waals surface area contributed by atoms with Crippen molar-refractivity contribution in [3.63, 3.8) is 0 Å². The second kappa shape index (κ2) is 8.70. The highest BCUT2D eigenvalue weighted by atomic mass is 16.5. The normalized spacial score (nSPS) is 18.4. The van der Waals surface area contributed by atoms with Crippen molar-refractivity contribution in [1.29, 1.82) is 0 Å². The molecule has 0 amide bonds. The molecule has 1 fully saturated rings. The number of rotatable bonds is 2. The predicted octanol–water partition coefficient (Wildman–Crippen LogP) is 2.87. The monoisotopic (exact) mass is 249 g/mol. The molecule has 3 nitrogen and oxygen atoms in total. The zero-order chi connectivity index (χ0) is 13.2. The van der Waals surface area contributed by atoms with Crippen LogP contribution in [0.1, 0.15) is 37.0 Å². The van der Waals surface area contributed by atoms with Gasteiger partial charge in [0.25, 0.3) is 0 Å². The van der Waals surface area contributed by atoms with Gasteiger partial charge in [0.2, 0.25) is 0 Å². The first kappa shape index (κ1) is 14.7. The Kier molecular flexibility index (Phi) is 7.11. The molecule has 1 saturated heterocycles. The molecular formula is C15H23NO2. The summed E-state index contributed by atoms with van der Waals surface area (Å²) in [6.07, 6.45) is 2.80. The molecule has 0 saturated carbocycles. The zero-order valence-corrected chi connectivity index (χ0v) is 11.3. The third-order valence-corrected chi connectivity index (χ3v) is 2.83. The lowest BCUT2D eigenvalue weighted by atomic mass is 10.0. The molecule has 1 N–H and O–H groups in total. The number of esters is 1. The van der Waals surface area contributed by atoms with Gasteiger partial charge in [0.05, 0.1) is 12.2 Å². The summed E-state index contributed by atoms with van der Waals surface area (Å²) in [5, 5.41) is 3.33. The van der Waals surface area contributed by atoms with Crippen molar-refractivity contribution in [3.05, 3.63) is 35.9 Å². The third-order valence-electron chi connectivity index (χ3n) is 2.83. The van der Waals surface area contributed by atoms with E-state index < -0.39 is 0 Å². The first-order valence-electron chi connectivity index (χ1n) is 6.67. The number of carbonyl (C=O) groups excluding carboxylic acids is 1. The summed E-state index contributed by atoms with van der Waals surface area (Å²) in [5.74, 6) is 0.668. The quantitative estimate of drug-likeness (QED) is 0.819. The Morgan fingerprint density at radius 3 is 2.56 bits per heavy atom. The first-order chi connectivity index (χ1) is 8.74. The molecule has 2 rings (SSSR count). The highest BCUT2D eigenvalue weighted by molar-refractivity contribution is 5.89. The maximum Gasteiger partial charge on any atom is 0.338 e. The number of ether oxygens (including phenoxy) is 1. The molecule has 0 bridgehead atoms. The Hall–Kier alpha value is -1.35. The fourth-order valence-corrected chi connectivity index (χ4v) is 1.81. The van der Waals surface area contributed by atoms with Crippen molar-refractivity contribution in [3.8, 4) is 0 Å². The van der Waals surface area contributed by atoms with Gasteiger partial charge in [-0.25, -0.2) is 4.79 Å². The van der Waals surface area contributed by atoms with E-state index in [0.29, 0.717) is 12.2 Å². The molecule has 1 aromatic rings. The maximum absolute atomic E-state index is 11.0. The molecule has 0 radical (unpaired) electrons. The Labute approximate surface area is 110 Å². The van der Waals surface area contributed by atoms with E-state index in [1.54, 1.807) is 19.1 Å². The van der Waals surface area contributed by atoms with Gasteiger partial charge in [-0.1, -0.05) is 25.1 Å². The second-order valence-electron chi connectivity index (χ2n) is 4.54. The number of carbonyl (C=O) groups is 1. The summed E-state index contributed by atoms with van der Waals surface area (Å²) in [6.45, 7) is 6.99. The molecule has 1 aliphatic heterocycles. The first-order valence-corrected chi connectivity index (χ1v) is 6.67. The lowest BCUT2D eigenvalue weighted by Crippen LogP contribution is -2.27. The van der Waals surface area contributed by atoms with E-state index in [0.717, 1.165) is 5.92 Å². The van der Waals surface area contributed by atoms with Crippen molar-refractivity contribution in [2.24, 2.45) is 5.92 Å². The molecule has 100 valence electrons. The van der Waals surface area contributed by atoms with Gasteiger partial charge in [-0.05, 0) is 50.9 Å². The number of hydrogen-bond acceptors (Lipinski definition) is 3. The van der Waals surface area contributed by atoms with Crippen LogP contribution in [0.15, 0.2) is 30.3 Å². The van der Waals surface area contributed by atoms with Gasteiger partial charge in [-0.2, -0.15) is 0 Å². The largest absolute Gasteiger partial charge is 0.462 e. The van der Waals surface area contributed by atoms with Gasteiger partial charge >= 0.3 is 5.97 Å². The number of benzene rings is 1. The van der Waals surface area contributed by atoms with Gasteiger partial charge in [0.1, 0.15) is 0 Å². The Bertz CT molecular complexity index is 332. The van der Waals surface area contributed by atoms with E-state index in [1.807, 2.05) is 18.2 Å². The van der Waals surface area contributed by atoms with Crippen LogP contribution in [0.25, 0.3) is 0 Å². The average molecular weight is 249 g/mol. The van der Waals surface area contributed by atoms with Crippen LogP contribution in [0.4, 0.5) is 0 Å². The van der Waals surface area contributed by atoms with Gasteiger partial charge in [0, 0.05) is 0 Å². The summed E-state index contributed by atoms with van der Waals surface area (Å²) in [5.41, 5.74) is 0.606. The van der Waals surface area contributed by atoms with Crippen LogP contribution in [0.3, 0.4) is 0 Å². The summed E-state index contributed by atoms with van der Waals surface area (Å²) in [6, 6.07) is 8.96. The number of piperidine rings is 1. The van der Waals surface area contributed by atoms with Gasteiger partial charge < -0.3 is 10.1 Å². The lowest BCUT2D eigenvalue weighted by Gasteiger charge is -2.17. The SMILES string of the molecule is CC1CCCNC1.CCOC(=O)c1ccccc1. The predicted molar refractivity (Wildman–Crippen MR) is 73.7 cm³/mol. The molecule has 1 unspecified atom stereocenters. The molecule has 3 heteroatoms. The van der Waals surface area contributed by atoms with E-state index in [-0.39, 0.29) is 5.97 Å².